The van der Waals surface area contributed by atoms with E-state index in [2.05, 4.69) is 0 Å². The van der Waals surface area contributed by atoms with Gasteiger partial charge in [0, 0.05) is 16.6 Å². The topological polar surface area (TPSA) is 26.3 Å². The van der Waals surface area contributed by atoms with Gasteiger partial charge in [-0.05, 0) is 40.5 Å². The van der Waals surface area contributed by atoms with Crippen LogP contribution in [0.1, 0.15) is 30.9 Å². The van der Waals surface area contributed by atoms with Crippen molar-refractivity contribution in [2.24, 2.45) is 0 Å². The molecule has 0 radical (unpaired) electrons. The molecule has 45 heavy (non-hydrogen) atoms. The minimum absolute atomic E-state index is 0.0114. The summed E-state index contributed by atoms with van der Waals surface area (Å²) in [5.74, 6) is -37.5. The van der Waals surface area contributed by atoms with Crippen LogP contribution in [0.15, 0.2) is 71.6 Å². The van der Waals surface area contributed by atoms with Gasteiger partial charge in [0.25, 0.3) is 0 Å². The molecule has 16 heteroatoms. The van der Waals surface area contributed by atoms with Crippen LogP contribution in [0, 0.1) is 0 Å². The summed E-state index contributed by atoms with van der Waals surface area (Å²) in [6, 6.07) is 17.9. The summed E-state index contributed by atoms with van der Waals surface area (Å²) in [4.78, 5) is 13.2. The second-order valence-electron chi connectivity index (χ2n) is 10.1. The molecule has 0 aliphatic carbocycles. The molecule has 3 aromatic carbocycles. The van der Waals surface area contributed by atoms with E-state index in [-0.39, 0.29) is 23.8 Å². The lowest BCUT2D eigenvalue weighted by molar-refractivity contribution is -0.440. The maximum Gasteiger partial charge on any atom is 0.460 e. The lowest BCUT2D eigenvalue weighted by Crippen LogP contribution is -2.70. The molecule has 3 aromatic rings. The van der Waals surface area contributed by atoms with Crippen LogP contribution in [0.3, 0.4) is 0 Å². The fourth-order valence-corrected chi connectivity index (χ4v) is 5.06. The molecule has 0 amide bonds. The molecule has 248 valence electrons. The van der Waals surface area contributed by atoms with Gasteiger partial charge in [0.05, 0.1) is 6.42 Å². The lowest BCUT2D eigenvalue weighted by Gasteiger charge is -2.39. The van der Waals surface area contributed by atoms with E-state index in [4.69, 9.17) is 4.74 Å². The molecule has 0 aliphatic rings. The zero-order chi connectivity index (χ0) is 34.1. The molecule has 0 aliphatic heterocycles. The van der Waals surface area contributed by atoms with Crippen molar-refractivity contribution in [3.05, 3.63) is 77.9 Å². The molecular weight excluding hydrogens is 659 g/mol. The van der Waals surface area contributed by atoms with E-state index >= 15 is 0 Å². The Morgan fingerprint density at radius 1 is 0.689 bits per heavy atom. The van der Waals surface area contributed by atoms with Crippen LogP contribution in [0.4, 0.5) is 57.1 Å². The van der Waals surface area contributed by atoms with Crippen LogP contribution >= 0.6 is 11.8 Å². The van der Waals surface area contributed by atoms with Crippen molar-refractivity contribution in [1.29, 1.82) is 0 Å². The van der Waals surface area contributed by atoms with Crippen LogP contribution in [-0.4, -0.2) is 47.0 Å². The number of hydrogen-bond donors (Lipinski definition) is 0. The molecule has 1 atom stereocenters. The van der Waals surface area contributed by atoms with Crippen LogP contribution in [0.5, 0.6) is 0 Å². The van der Waals surface area contributed by atoms with Gasteiger partial charge in [-0.25, -0.2) is 0 Å². The van der Waals surface area contributed by atoms with E-state index in [1.54, 1.807) is 6.92 Å². The van der Waals surface area contributed by atoms with E-state index < -0.39 is 54.6 Å². The van der Waals surface area contributed by atoms with Crippen molar-refractivity contribution in [2.45, 2.75) is 78.7 Å². The molecule has 0 aromatic heterocycles. The Kier molecular flexibility index (Phi) is 10.4. The Balaban J connectivity index is 1.55. The van der Waals surface area contributed by atoms with Gasteiger partial charge < -0.3 is 4.74 Å². The average Bonchev–Trinajstić information content (AvgIpc) is 2.94. The number of benzene rings is 3. The van der Waals surface area contributed by atoms with Gasteiger partial charge in [-0.3, -0.25) is 4.79 Å². The van der Waals surface area contributed by atoms with Crippen molar-refractivity contribution in [2.75, 3.05) is 0 Å². The first-order valence-electron chi connectivity index (χ1n) is 12.9. The number of fused-ring (bicyclic) bond motifs is 1. The number of hydrogen-bond acceptors (Lipinski definition) is 3. The number of rotatable bonds is 13. The molecule has 1 unspecified atom stereocenters. The summed E-state index contributed by atoms with van der Waals surface area (Å²) >= 11 is 1.43. The molecule has 0 fully saturated rings. The monoisotopic (exact) mass is 682 g/mol. The number of esters is 1. The van der Waals surface area contributed by atoms with Gasteiger partial charge in [-0.2, -0.15) is 57.1 Å². The molecule has 0 spiro atoms. The molecule has 0 heterocycles. The van der Waals surface area contributed by atoms with E-state index in [9.17, 15) is 61.9 Å². The Morgan fingerprint density at radius 3 is 1.80 bits per heavy atom. The summed E-state index contributed by atoms with van der Waals surface area (Å²) in [7, 11) is 0. The quantitative estimate of drug-likeness (QED) is 0.102. The number of carbonyl (C=O) groups is 1. The molecule has 2 nitrogen and oxygen atoms in total. The first kappa shape index (κ1) is 36.3. The van der Waals surface area contributed by atoms with Crippen molar-refractivity contribution in [3.63, 3.8) is 0 Å². The summed E-state index contributed by atoms with van der Waals surface area (Å²) in [6.07, 6.45) is -10.9. The highest BCUT2D eigenvalue weighted by molar-refractivity contribution is 8.00. The minimum Gasteiger partial charge on any atom is -0.461 e. The van der Waals surface area contributed by atoms with Crippen LogP contribution in [0.25, 0.3) is 10.8 Å². The number of ether oxygens (including phenoxy) is 1. The van der Waals surface area contributed by atoms with Crippen LogP contribution in [-0.2, 0) is 22.6 Å². The maximum atomic E-state index is 14.0. The predicted octanol–water partition coefficient (Wildman–Crippen LogP) is 10.1. The Hall–Kier alpha value is -3.17. The van der Waals surface area contributed by atoms with Gasteiger partial charge in [0.15, 0.2) is 0 Å². The summed E-state index contributed by atoms with van der Waals surface area (Å²) in [6.45, 7) is 1.50. The Morgan fingerprint density at radius 2 is 1.22 bits per heavy atom. The summed E-state index contributed by atoms with van der Waals surface area (Å²) < 4.78 is 178. The van der Waals surface area contributed by atoms with Crippen molar-refractivity contribution in [3.8, 4) is 0 Å². The van der Waals surface area contributed by atoms with E-state index in [0.717, 1.165) is 27.8 Å². The first-order chi connectivity index (χ1) is 20.5. The van der Waals surface area contributed by atoms with E-state index in [0.29, 0.717) is 5.56 Å². The number of alkyl halides is 13. The standard InChI is InChI=1S/C29H23F13O2S/c1-17(45-22-11-10-20-4-2-3-5-21(20)15-22)14-23(43)44-16-19-8-6-18(7-9-19)12-13-24(30,31)25(32,33)26(34,35)27(36,37)28(38,39)29(40,41)42/h2-11,15,17H,12-14,16H2,1H3. The third-order valence-electron chi connectivity index (χ3n) is 6.66. The van der Waals surface area contributed by atoms with E-state index in [1.807, 2.05) is 42.5 Å². The zero-order valence-corrected chi connectivity index (χ0v) is 23.7. The van der Waals surface area contributed by atoms with E-state index in [1.165, 1.54) is 23.9 Å². The van der Waals surface area contributed by atoms with Gasteiger partial charge >= 0.3 is 41.8 Å². The van der Waals surface area contributed by atoms with Gasteiger partial charge in [-0.15, -0.1) is 11.8 Å². The number of halogens is 13. The average molecular weight is 683 g/mol. The highest BCUT2D eigenvalue weighted by Gasteiger charge is 2.90. The number of carbonyl (C=O) groups excluding carboxylic acids is 1. The van der Waals surface area contributed by atoms with Crippen LogP contribution < -0.4 is 0 Å². The SMILES string of the molecule is CC(CC(=O)OCc1ccc(CCC(F)(F)C(F)(F)C(F)(F)C(F)(F)C(F)(F)C(F)(F)F)cc1)Sc1ccc2ccccc2c1. The third kappa shape index (κ3) is 7.46. The molecule has 3 rings (SSSR count). The molecule has 0 saturated heterocycles. The van der Waals surface area contributed by atoms with Crippen molar-refractivity contribution >= 4 is 28.5 Å². The molecular formula is C29H23F13O2S. The van der Waals surface area contributed by atoms with Crippen LogP contribution in [0.2, 0.25) is 0 Å². The second-order valence-corrected chi connectivity index (χ2v) is 11.6. The number of aryl methyl sites for hydroxylation is 1. The minimum atomic E-state index is -7.92. The smallest absolute Gasteiger partial charge is 0.460 e. The molecule has 0 N–H and O–H groups in total. The fourth-order valence-electron chi connectivity index (χ4n) is 4.03. The highest BCUT2D eigenvalue weighted by atomic mass is 32.2. The summed E-state index contributed by atoms with van der Waals surface area (Å²) in [5.41, 5.74) is 0.0521. The molecule has 0 saturated carbocycles. The summed E-state index contributed by atoms with van der Waals surface area (Å²) in [5, 5.41) is 1.88. The normalized spacial score (nSPS) is 14.4. The van der Waals surface area contributed by atoms with Gasteiger partial charge in [-0.1, -0.05) is 61.5 Å². The Labute approximate surface area is 251 Å². The largest absolute Gasteiger partial charge is 0.461 e. The Bertz CT molecular complexity index is 1470. The zero-order valence-electron chi connectivity index (χ0n) is 22.9. The van der Waals surface area contributed by atoms with Gasteiger partial charge in [0.2, 0.25) is 0 Å². The maximum absolute atomic E-state index is 14.0. The highest BCUT2D eigenvalue weighted by Crippen LogP contribution is 2.60. The lowest BCUT2D eigenvalue weighted by atomic mass is 9.91. The molecule has 0 bridgehead atoms. The van der Waals surface area contributed by atoms with Crippen molar-refractivity contribution < 1.29 is 66.6 Å². The fraction of sp³-hybridized carbons (Fsp3) is 0.414. The van der Waals surface area contributed by atoms with Gasteiger partial charge in [0.1, 0.15) is 6.61 Å². The predicted molar refractivity (Wildman–Crippen MR) is 139 cm³/mol. The first-order valence-corrected chi connectivity index (χ1v) is 13.8. The third-order valence-corrected chi connectivity index (χ3v) is 7.76. The number of thioether (sulfide) groups is 1. The second kappa shape index (κ2) is 12.9. The van der Waals surface area contributed by atoms with Crippen molar-refractivity contribution in [1.82, 2.24) is 0 Å².